The van der Waals surface area contributed by atoms with Crippen LogP contribution in [0, 0.1) is 11.8 Å². The SMILES string of the molecule is CCC1CCC(C(NC)c2c(Cl)cnn2CCOC)CC1. The number of methoxy groups -OCH3 is 1. The summed E-state index contributed by atoms with van der Waals surface area (Å²) in [6, 6.07) is 0.287. The second-order valence-electron chi connectivity index (χ2n) is 6.05. The topological polar surface area (TPSA) is 39.1 Å². The summed E-state index contributed by atoms with van der Waals surface area (Å²) in [6.07, 6.45) is 8.29. The first-order valence-corrected chi connectivity index (χ1v) is 8.46. The Bertz CT molecular complexity index is 427. The molecule has 0 amide bonds. The third-order valence-electron chi connectivity index (χ3n) is 4.89. The van der Waals surface area contributed by atoms with E-state index in [0.717, 1.165) is 23.2 Å². The molecule has 1 saturated carbocycles. The van der Waals surface area contributed by atoms with Gasteiger partial charge in [-0.25, -0.2) is 0 Å². The largest absolute Gasteiger partial charge is 0.383 e. The minimum atomic E-state index is 0.287. The zero-order chi connectivity index (χ0) is 15.2. The molecule has 1 aliphatic carbocycles. The highest BCUT2D eigenvalue weighted by Gasteiger charge is 2.30. The first-order chi connectivity index (χ1) is 10.2. The van der Waals surface area contributed by atoms with Gasteiger partial charge in [0, 0.05) is 7.11 Å². The molecule has 1 N–H and O–H groups in total. The lowest BCUT2D eigenvalue weighted by Gasteiger charge is -2.34. The Hall–Kier alpha value is -0.580. The van der Waals surface area contributed by atoms with Crippen LogP contribution in [-0.4, -0.2) is 30.5 Å². The van der Waals surface area contributed by atoms with Crippen molar-refractivity contribution in [1.82, 2.24) is 15.1 Å². The maximum absolute atomic E-state index is 6.41. The normalized spacial score (nSPS) is 24.2. The van der Waals surface area contributed by atoms with Crippen LogP contribution in [0.3, 0.4) is 0 Å². The van der Waals surface area contributed by atoms with E-state index < -0.39 is 0 Å². The fraction of sp³-hybridized carbons (Fsp3) is 0.812. The summed E-state index contributed by atoms with van der Waals surface area (Å²) in [6.45, 7) is 3.71. The number of hydrogen-bond donors (Lipinski definition) is 1. The van der Waals surface area contributed by atoms with E-state index in [-0.39, 0.29) is 6.04 Å². The first kappa shape index (κ1) is 16.8. The predicted octanol–water partition coefficient (Wildman–Crippen LogP) is 3.66. The molecule has 120 valence electrons. The van der Waals surface area contributed by atoms with E-state index in [4.69, 9.17) is 16.3 Å². The molecule has 1 aromatic heterocycles. The van der Waals surface area contributed by atoms with Crippen molar-refractivity contribution >= 4 is 11.6 Å². The van der Waals surface area contributed by atoms with Gasteiger partial charge in [0.2, 0.25) is 0 Å². The molecule has 0 spiro atoms. The Balaban J connectivity index is 2.12. The van der Waals surface area contributed by atoms with Crippen molar-refractivity contribution < 1.29 is 4.74 Å². The lowest BCUT2D eigenvalue weighted by atomic mass is 9.77. The highest BCUT2D eigenvalue weighted by molar-refractivity contribution is 6.31. The van der Waals surface area contributed by atoms with E-state index in [9.17, 15) is 0 Å². The van der Waals surface area contributed by atoms with Crippen molar-refractivity contribution in [2.24, 2.45) is 11.8 Å². The molecule has 1 aromatic rings. The molecule has 1 atom stereocenters. The highest BCUT2D eigenvalue weighted by Crippen LogP contribution is 2.39. The minimum Gasteiger partial charge on any atom is -0.383 e. The lowest BCUT2D eigenvalue weighted by Crippen LogP contribution is -2.31. The molecular formula is C16H28ClN3O. The Morgan fingerprint density at radius 2 is 2.14 bits per heavy atom. The van der Waals surface area contributed by atoms with E-state index in [1.807, 2.05) is 11.7 Å². The predicted molar refractivity (Wildman–Crippen MR) is 86.7 cm³/mol. The molecule has 21 heavy (non-hydrogen) atoms. The number of nitrogens with zero attached hydrogens (tertiary/aromatic N) is 2. The monoisotopic (exact) mass is 313 g/mol. The maximum Gasteiger partial charge on any atom is 0.0834 e. The van der Waals surface area contributed by atoms with Gasteiger partial charge in [0.05, 0.1) is 36.1 Å². The van der Waals surface area contributed by atoms with Gasteiger partial charge in [-0.1, -0.05) is 37.8 Å². The van der Waals surface area contributed by atoms with Gasteiger partial charge in [-0.2, -0.15) is 5.10 Å². The second kappa shape index (κ2) is 8.16. The van der Waals surface area contributed by atoms with Crippen LogP contribution in [0.5, 0.6) is 0 Å². The molecule has 2 rings (SSSR count). The summed E-state index contributed by atoms with van der Waals surface area (Å²) >= 11 is 6.41. The first-order valence-electron chi connectivity index (χ1n) is 8.08. The summed E-state index contributed by atoms with van der Waals surface area (Å²) in [5.41, 5.74) is 1.12. The molecule has 0 saturated heterocycles. The van der Waals surface area contributed by atoms with Crippen molar-refractivity contribution in [1.29, 1.82) is 0 Å². The van der Waals surface area contributed by atoms with Gasteiger partial charge in [0.25, 0.3) is 0 Å². The van der Waals surface area contributed by atoms with Crippen molar-refractivity contribution in [3.63, 3.8) is 0 Å². The molecule has 1 unspecified atom stereocenters. The smallest absolute Gasteiger partial charge is 0.0834 e. The zero-order valence-corrected chi connectivity index (χ0v) is 14.2. The number of halogens is 1. The maximum atomic E-state index is 6.41. The van der Waals surface area contributed by atoms with Gasteiger partial charge < -0.3 is 10.1 Å². The molecule has 0 bridgehead atoms. The van der Waals surface area contributed by atoms with Crippen LogP contribution < -0.4 is 5.32 Å². The van der Waals surface area contributed by atoms with E-state index in [1.165, 1.54) is 32.1 Å². The highest BCUT2D eigenvalue weighted by atomic mass is 35.5. The Labute approximate surface area is 133 Å². The van der Waals surface area contributed by atoms with E-state index in [1.54, 1.807) is 13.3 Å². The van der Waals surface area contributed by atoms with Gasteiger partial charge >= 0.3 is 0 Å². The molecule has 5 heteroatoms. The zero-order valence-electron chi connectivity index (χ0n) is 13.4. The van der Waals surface area contributed by atoms with Crippen molar-refractivity contribution in [2.75, 3.05) is 20.8 Å². The number of aromatic nitrogens is 2. The van der Waals surface area contributed by atoms with Gasteiger partial charge in [-0.15, -0.1) is 0 Å². The number of rotatable bonds is 7. The summed E-state index contributed by atoms with van der Waals surface area (Å²) in [5.74, 6) is 1.56. The Kier molecular flexibility index (Phi) is 6.52. The van der Waals surface area contributed by atoms with Gasteiger partial charge in [0.1, 0.15) is 0 Å². The van der Waals surface area contributed by atoms with E-state index in [0.29, 0.717) is 12.5 Å². The van der Waals surface area contributed by atoms with Gasteiger partial charge in [-0.05, 0) is 31.7 Å². The quantitative estimate of drug-likeness (QED) is 0.835. The summed E-state index contributed by atoms with van der Waals surface area (Å²) in [5, 5.41) is 8.66. The molecule has 1 heterocycles. The molecule has 0 radical (unpaired) electrons. The van der Waals surface area contributed by atoms with Crippen molar-refractivity contribution in [3.8, 4) is 0 Å². The van der Waals surface area contributed by atoms with Crippen LogP contribution in [0.2, 0.25) is 5.02 Å². The number of hydrogen-bond acceptors (Lipinski definition) is 3. The molecule has 1 fully saturated rings. The minimum absolute atomic E-state index is 0.287. The Morgan fingerprint density at radius 3 is 2.71 bits per heavy atom. The Morgan fingerprint density at radius 1 is 1.43 bits per heavy atom. The summed E-state index contributed by atoms with van der Waals surface area (Å²) in [7, 11) is 3.74. The third-order valence-corrected chi connectivity index (χ3v) is 5.18. The third kappa shape index (κ3) is 3.99. The van der Waals surface area contributed by atoms with Gasteiger partial charge in [0.15, 0.2) is 0 Å². The van der Waals surface area contributed by atoms with Gasteiger partial charge in [-0.3, -0.25) is 4.68 Å². The number of nitrogens with one attached hydrogen (secondary N) is 1. The molecular weight excluding hydrogens is 286 g/mol. The van der Waals surface area contributed by atoms with Crippen LogP contribution in [-0.2, 0) is 11.3 Å². The van der Waals surface area contributed by atoms with Crippen LogP contribution in [0.25, 0.3) is 0 Å². The van der Waals surface area contributed by atoms with E-state index >= 15 is 0 Å². The standard InChI is InChI=1S/C16H28ClN3O/c1-4-12-5-7-13(8-6-12)15(18-2)16-14(17)11-19-20(16)9-10-21-3/h11-13,15,18H,4-10H2,1-3H3. The molecule has 0 aromatic carbocycles. The summed E-state index contributed by atoms with van der Waals surface area (Å²) < 4.78 is 7.17. The summed E-state index contributed by atoms with van der Waals surface area (Å²) in [4.78, 5) is 0. The number of ether oxygens (including phenoxy) is 1. The molecule has 1 aliphatic rings. The lowest BCUT2D eigenvalue weighted by molar-refractivity contribution is 0.177. The van der Waals surface area contributed by atoms with Crippen LogP contribution >= 0.6 is 11.6 Å². The van der Waals surface area contributed by atoms with Crippen molar-refractivity contribution in [2.45, 2.75) is 51.6 Å². The second-order valence-corrected chi connectivity index (χ2v) is 6.46. The fourth-order valence-electron chi connectivity index (χ4n) is 3.56. The van der Waals surface area contributed by atoms with E-state index in [2.05, 4.69) is 17.3 Å². The van der Waals surface area contributed by atoms with Crippen LogP contribution in [0.1, 0.15) is 50.8 Å². The fourth-order valence-corrected chi connectivity index (χ4v) is 3.82. The average Bonchev–Trinajstić information content (AvgIpc) is 2.88. The average molecular weight is 314 g/mol. The molecule has 4 nitrogen and oxygen atoms in total. The van der Waals surface area contributed by atoms with Crippen molar-refractivity contribution in [3.05, 3.63) is 16.9 Å². The molecule has 0 aliphatic heterocycles. The van der Waals surface area contributed by atoms with Crippen LogP contribution in [0.15, 0.2) is 6.20 Å². The van der Waals surface area contributed by atoms with Crippen LogP contribution in [0.4, 0.5) is 0 Å².